The van der Waals surface area contributed by atoms with Crippen molar-refractivity contribution in [2.75, 3.05) is 7.11 Å². The highest BCUT2D eigenvalue weighted by atomic mass is 19.4. The van der Waals surface area contributed by atoms with Crippen LogP contribution in [0.3, 0.4) is 0 Å². The van der Waals surface area contributed by atoms with Crippen molar-refractivity contribution in [1.29, 1.82) is 0 Å². The average molecular weight is 382 g/mol. The summed E-state index contributed by atoms with van der Waals surface area (Å²) in [5.74, 6) is -2.04. The van der Waals surface area contributed by atoms with E-state index in [-0.39, 0.29) is 23.3 Å². The molecule has 1 unspecified atom stereocenters. The fourth-order valence-electron chi connectivity index (χ4n) is 2.78. The van der Waals surface area contributed by atoms with Crippen LogP contribution in [0.1, 0.15) is 16.7 Å². The lowest BCUT2D eigenvalue weighted by Gasteiger charge is -2.27. The van der Waals surface area contributed by atoms with E-state index in [1.807, 2.05) is 0 Å². The van der Waals surface area contributed by atoms with Crippen molar-refractivity contribution in [2.45, 2.75) is 18.7 Å². The molecule has 0 radical (unpaired) electrons. The minimum Gasteiger partial charge on any atom is -0.497 e. The van der Waals surface area contributed by atoms with Crippen LogP contribution >= 0.6 is 0 Å². The van der Waals surface area contributed by atoms with Crippen LogP contribution in [0, 0.1) is 5.82 Å². The number of hydrogen-bond acceptors (Lipinski definition) is 3. The predicted octanol–water partition coefficient (Wildman–Crippen LogP) is 4.22. The molecule has 1 atom stereocenters. The van der Waals surface area contributed by atoms with Crippen molar-refractivity contribution in [3.8, 4) is 11.5 Å². The first-order valence-corrected chi connectivity index (χ1v) is 7.82. The molecule has 0 aromatic heterocycles. The number of ether oxygens (including phenoxy) is 2. The number of alkyl halides is 3. The van der Waals surface area contributed by atoms with E-state index in [2.05, 4.69) is 0 Å². The lowest BCUT2D eigenvalue weighted by molar-refractivity contribution is -0.187. The van der Waals surface area contributed by atoms with E-state index in [0.29, 0.717) is 5.75 Å². The SMILES string of the molecule is COc1ccc(Cc2cc3c(cc2F)C=C(C(=O)O)C(C(F)(F)F)O3)cc1. The van der Waals surface area contributed by atoms with E-state index < -0.39 is 29.6 Å². The summed E-state index contributed by atoms with van der Waals surface area (Å²) in [6.07, 6.45) is -6.60. The lowest BCUT2D eigenvalue weighted by atomic mass is 9.97. The fourth-order valence-corrected chi connectivity index (χ4v) is 2.78. The van der Waals surface area contributed by atoms with Crippen LogP contribution in [0.25, 0.3) is 6.08 Å². The van der Waals surface area contributed by atoms with Gasteiger partial charge in [0.05, 0.1) is 12.7 Å². The third kappa shape index (κ3) is 3.89. The van der Waals surface area contributed by atoms with Gasteiger partial charge < -0.3 is 14.6 Å². The molecule has 0 saturated heterocycles. The Morgan fingerprint density at radius 3 is 2.44 bits per heavy atom. The molecule has 1 aliphatic heterocycles. The van der Waals surface area contributed by atoms with Gasteiger partial charge in [0, 0.05) is 12.0 Å². The Morgan fingerprint density at radius 1 is 1.22 bits per heavy atom. The van der Waals surface area contributed by atoms with Gasteiger partial charge in [-0.1, -0.05) is 12.1 Å². The van der Waals surface area contributed by atoms with Crippen molar-refractivity contribution >= 4 is 12.0 Å². The topological polar surface area (TPSA) is 55.8 Å². The molecule has 4 nitrogen and oxygen atoms in total. The minimum absolute atomic E-state index is 0.0520. The molecule has 1 aliphatic rings. The zero-order chi connectivity index (χ0) is 19.8. The van der Waals surface area contributed by atoms with Crippen LogP contribution in [-0.2, 0) is 11.2 Å². The standard InChI is InChI=1S/C19H14F4O4/c1-26-13-4-2-10(3-5-13)6-11-9-16-12(8-15(11)20)7-14(18(24)25)17(27-16)19(21,22)23/h2-5,7-9,17H,6H2,1H3,(H,24,25). The molecule has 2 aromatic rings. The van der Waals surface area contributed by atoms with Crippen molar-refractivity contribution < 1.29 is 36.9 Å². The second-order valence-corrected chi connectivity index (χ2v) is 5.95. The molecule has 8 heteroatoms. The van der Waals surface area contributed by atoms with Gasteiger partial charge in [-0.3, -0.25) is 0 Å². The Hall–Kier alpha value is -3.03. The number of rotatable bonds is 4. The van der Waals surface area contributed by atoms with Gasteiger partial charge >= 0.3 is 12.1 Å². The van der Waals surface area contributed by atoms with Crippen LogP contribution in [0.2, 0.25) is 0 Å². The van der Waals surface area contributed by atoms with Crippen LogP contribution in [0.15, 0.2) is 42.0 Å². The number of hydrogen-bond donors (Lipinski definition) is 1. The number of fused-ring (bicyclic) bond motifs is 1. The first-order valence-electron chi connectivity index (χ1n) is 7.82. The van der Waals surface area contributed by atoms with Crippen LogP contribution < -0.4 is 9.47 Å². The summed E-state index contributed by atoms with van der Waals surface area (Å²) >= 11 is 0. The van der Waals surface area contributed by atoms with Gasteiger partial charge in [0.1, 0.15) is 17.3 Å². The molecular weight excluding hydrogens is 368 g/mol. The van der Waals surface area contributed by atoms with Gasteiger partial charge in [-0.15, -0.1) is 0 Å². The van der Waals surface area contributed by atoms with Crippen molar-refractivity contribution in [3.63, 3.8) is 0 Å². The first-order chi connectivity index (χ1) is 12.7. The van der Waals surface area contributed by atoms with Gasteiger partial charge in [-0.2, -0.15) is 13.2 Å². The largest absolute Gasteiger partial charge is 0.497 e. The van der Waals surface area contributed by atoms with E-state index in [0.717, 1.165) is 17.7 Å². The number of carboxylic acid groups (broad SMARTS) is 1. The highest BCUT2D eigenvalue weighted by Crippen LogP contribution is 2.38. The van der Waals surface area contributed by atoms with E-state index in [4.69, 9.17) is 14.6 Å². The normalized spacial score (nSPS) is 16.2. The van der Waals surface area contributed by atoms with Gasteiger partial charge in [0.25, 0.3) is 0 Å². The number of aliphatic carboxylic acids is 1. The molecule has 27 heavy (non-hydrogen) atoms. The van der Waals surface area contributed by atoms with Crippen LogP contribution in [0.4, 0.5) is 17.6 Å². The maximum atomic E-state index is 14.4. The highest BCUT2D eigenvalue weighted by molar-refractivity contribution is 5.95. The third-order valence-electron chi connectivity index (χ3n) is 4.11. The van der Waals surface area contributed by atoms with Crippen LogP contribution in [-0.4, -0.2) is 30.5 Å². The molecule has 0 bridgehead atoms. The Labute approximate surface area is 151 Å². The number of halogens is 4. The zero-order valence-corrected chi connectivity index (χ0v) is 14.0. The average Bonchev–Trinajstić information content (AvgIpc) is 2.61. The Bertz CT molecular complexity index is 901. The molecule has 1 heterocycles. The quantitative estimate of drug-likeness (QED) is 0.805. The Balaban J connectivity index is 1.97. The number of methoxy groups -OCH3 is 1. The number of benzene rings is 2. The van der Waals surface area contributed by atoms with Crippen molar-refractivity contribution in [1.82, 2.24) is 0 Å². The summed E-state index contributed by atoms with van der Waals surface area (Å²) in [5.41, 5.74) is -0.187. The molecular formula is C19H14F4O4. The smallest absolute Gasteiger partial charge is 0.430 e. The minimum atomic E-state index is -4.91. The highest BCUT2D eigenvalue weighted by Gasteiger charge is 2.48. The maximum absolute atomic E-state index is 14.4. The maximum Gasteiger partial charge on any atom is 0.430 e. The Morgan fingerprint density at radius 2 is 1.89 bits per heavy atom. The van der Waals surface area contributed by atoms with E-state index in [1.165, 1.54) is 13.2 Å². The van der Waals surface area contributed by atoms with E-state index in [9.17, 15) is 22.4 Å². The van der Waals surface area contributed by atoms with E-state index >= 15 is 0 Å². The van der Waals surface area contributed by atoms with Crippen LogP contribution in [0.5, 0.6) is 11.5 Å². The first kappa shape index (κ1) is 18.8. The van der Waals surface area contributed by atoms with E-state index in [1.54, 1.807) is 24.3 Å². The van der Waals surface area contributed by atoms with Crippen molar-refractivity contribution in [2.24, 2.45) is 0 Å². The molecule has 0 saturated carbocycles. The molecule has 1 N–H and O–H groups in total. The lowest BCUT2D eigenvalue weighted by Crippen LogP contribution is -2.40. The zero-order valence-electron chi connectivity index (χ0n) is 14.0. The molecule has 0 amide bonds. The van der Waals surface area contributed by atoms with Gasteiger partial charge in [-0.25, -0.2) is 9.18 Å². The molecule has 0 spiro atoms. The van der Waals surface area contributed by atoms with Gasteiger partial charge in [-0.05, 0) is 41.5 Å². The summed E-state index contributed by atoms with van der Waals surface area (Å²) in [5, 5.41) is 9.01. The predicted molar refractivity (Wildman–Crippen MR) is 88.3 cm³/mol. The third-order valence-corrected chi connectivity index (χ3v) is 4.11. The second kappa shape index (κ2) is 6.94. The fraction of sp³-hybridized carbons (Fsp3) is 0.211. The number of carbonyl (C=O) groups is 1. The summed E-state index contributed by atoms with van der Waals surface area (Å²) < 4.78 is 63.7. The summed E-state index contributed by atoms with van der Waals surface area (Å²) in [6.45, 7) is 0. The molecule has 0 fully saturated rings. The monoisotopic (exact) mass is 382 g/mol. The molecule has 3 rings (SSSR count). The second-order valence-electron chi connectivity index (χ2n) is 5.95. The summed E-state index contributed by atoms with van der Waals surface area (Å²) in [7, 11) is 1.51. The van der Waals surface area contributed by atoms with Crippen molar-refractivity contribution in [3.05, 3.63) is 64.5 Å². The summed E-state index contributed by atoms with van der Waals surface area (Å²) in [6, 6.07) is 8.93. The number of carboxylic acids is 1. The Kier molecular flexibility index (Phi) is 4.82. The molecule has 0 aliphatic carbocycles. The molecule has 2 aromatic carbocycles. The van der Waals surface area contributed by atoms with Gasteiger partial charge in [0.2, 0.25) is 6.10 Å². The molecule has 142 valence electrons. The van der Waals surface area contributed by atoms with Gasteiger partial charge in [0.15, 0.2) is 0 Å². The summed E-state index contributed by atoms with van der Waals surface area (Å²) in [4.78, 5) is 11.1.